The molecule has 1 aromatic heterocycles. The monoisotopic (exact) mass is 363 g/mol. The Balaban J connectivity index is 1.56. The van der Waals surface area contributed by atoms with Crippen molar-refractivity contribution in [3.8, 4) is 11.4 Å². The number of carbonyl (C=O) groups excluding carboxylic acids is 1. The van der Waals surface area contributed by atoms with Gasteiger partial charge in [-0.15, -0.1) is 0 Å². The van der Waals surface area contributed by atoms with Crippen molar-refractivity contribution >= 4 is 5.91 Å². The third-order valence-electron chi connectivity index (χ3n) is 4.42. The quantitative estimate of drug-likeness (QED) is 0.688. The van der Waals surface area contributed by atoms with Gasteiger partial charge in [0.05, 0.1) is 6.33 Å². The molecule has 0 bridgehead atoms. The predicted molar refractivity (Wildman–Crippen MR) is 106 cm³/mol. The molecule has 3 rings (SSSR count). The molecule has 0 fully saturated rings. The number of nitrogens with zero attached hydrogens (tertiary/aromatic N) is 2. The molecular weight excluding hydrogens is 338 g/mol. The number of nitrogens with one attached hydrogen (secondary N) is 1. The SMILES string of the molecule is CC(C)c1ccccc1O[C@@H](C)C(=O)NCc1ccc(-n2ccnc2)cc1. The van der Waals surface area contributed by atoms with E-state index < -0.39 is 6.10 Å². The maximum absolute atomic E-state index is 12.4. The van der Waals surface area contributed by atoms with E-state index in [1.165, 1.54) is 0 Å². The molecule has 140 valence electrons. The highest BCUT2D eigenvalue weighted by Crippen LogP contribution is 2.26. The third-order valence-corrected chi connectivity index (χ3v) is 4.42. The van der Waals surface area contributed by atoms with Crippen molar-refractivity contribution in [1.82, 2.24) is 14.9 Å². The van der Waals surface area contributed by atoms with Gasteiger partial charge in [0.2, 0.25) is 0 Å². The van der Waals surface area contributed by atoms with Gasteiger partial charge < -0.3 is 14.6 Å². The number of hydrogen-bond donors (Lipinski definition) is 1. The Hall–Kier alpha value is -3.08. The van der Waals surface area contributed by atoms with Crippen LogP contribution < -0.4 is 10.1 Å². The molecule has 1 atom stereocenters. The van der Waals surface area contributed by atoms with Gasteiger partial charge in [0, 0.05) is 24.6 Å². The van der Waals surface area contributed by atoms with Crippen LogP contribution in [0.15, 0.2) is 67.3 Å². The van der Waals surface area contributed by atoms with Gasteiger partial charge in [-0.25, -0.2) is 4.98 Å². The summed E-state index contributed by atoms with van der Waals surface area (Å²) < 4.78 is 7.84. The van der Waals surface area contributed by atoms with Gasteiger partial charge in [0.1, 0.15) is 5.75 Å². The Morgan fingerprint density at radius 1 is 1.11 bits per heavy atom. The zero-order valence-corrected chi connectivity index (χ0v) is 15.9. The predicted octanol–water partition coefficient (Wildman–Crippen LogP) is 4.08. The molecule has 1 amide bonds. The number of ether oxygens (including phenoxy) is 1. The highest BCUT2D eigenvalue weighted by molar-refractivity contribution is 5.80. The lowest BCUT2D eigenvalue weighted by Crippen LogP contribution is -2.36. The van der Waals surface area contributed by atoms with Crippen LogP contribution in [0.2, 0.25) is 0 Å². The molecule has 1 heterocycles. The Labute approximate surface area is 160 Å². The molecule has 0 aliphatic carbocycles. The average molecular weight is 363 g/mol. The maximum Gasteiger partial charge on any atom is 0.261 e. The number of imidazole rings is 1. The van der Waals surface area contributed by atoms with E-state index in [1.807, 2.05) is 59.3 Å². The standard InChI is InChI=1S/C22H25N3O2/c1-16(2)20-6-4-5-7-21(20)27-17(3)22(26)24-14-18-8-10-19(11-9-18)25-13-12-23-15-25/h4-13,15-17H,14H2,1-3H3,(H,24,26)/t17-/m0/s1. The minimum Gasteiger partial charge on any atom is -0.481 e. The van der Waals surface area contributed by atoms with Crippen molar-refractivity contribution in [2.24, 2.45) is 0 Å². The second-order valence-electron chi connectivity index (χ2n) is 6.81. The Morgan fingerprint density at radius 2 is 1.85 bits per heavy atom. The molecule has 5 heteroatoms. The van der Waals surface area contributed by atoms with Crippen molar-refractivity contribution in [3.63, 3.8) is 0 Å². The van der Waals surface area contributed by atoms with Crippen molar-refractivity contribution in [2.75, 3.05) is 0 Å². The molecule has 0 unspecified atom stereocenters. The molecule has 1 N–H and O–H groups in total. The van der Waals surface area contributed by atoms with E-state index in [2.05, 4.69) is 24.1 Å². The maximum atomic E-state index is 12.4. The summed E-state index contributed by atoms with van der Waals surface area (Å²) in [6.45, 7) is 6.46. The summed E-state index contributed by atoms with van der Waals surface area (Å²) in [5.74, 6) is 0.970. The molecule has 0 aliphatic heterocycles. The average Bonchev–Trinajstić information content (AvgIpc) is 3.21. The summed E-state index contributed by atoms with van der Waals surface area (Å²) in [5, 5.41) is 2.94. The molecule has 2 aromatic carbocycles. The van der Waals surface area contributed by atoms with Gasteiger partial charge in [-0.2, -0.15) is 0 Å². The topological polar surface area (TPSA) is 56.1 Å². The van der Waals surface area contributed by atoms with E-state index in [1.54, 1.807) is 19.4 Å². The molecule has 27 heavy (non-hydrogen) atoms. The molecule has 0 saturated heterocycles. The van der Waals surface area contributed by atoms with Gasteiger partial charge >= 0.3 is 0 Å². The van der Waals surface area contributed by atoms with Crippen LogP contribution >= 0.6 is 0 Å². The highest BCUT2D eigenvalue weighted by atomic mass is 16.5. The van der Waals surface area contributed by atoms with Crippen LogP contribution in [0.3, 0.4) is 0 Å². The van der Waals surface area contributed by atoms with E-state index in [-0.39, 0.29) is 5.91 Å². The van der Waals surface area contributed by atoms with Crippen LogP contribution in [0, 0.1) is 0 Å². The summed E-state index contributed by atoms with van der Waals surface area (Å²) >= 11 is 0. The van der Waals surface area contributed by atoms with Crippen LogP contribution in [0.25, 0.3) is 5.69 Å². The Kier molecular flexibility index (Phi) is 5.91. The van der Waals surface area contributed by atoms with Crippen LogP contribution in [0.5, 0.6) is 5.75 Å². The van der Waals surface area contributed by atoms with E-state index in [0.717, 1.165) is 22.6 Å². The first-order valence-corrected chi connectivity index (χ1v) is 9.15. The number of benzene rings is 2. The van der Waals surface area contributed by atoms with Crippen molar-refractivity contribution in [2.45, 2.75) is 39.3 Å². The van der Waals surface area contributed by atoms with Crippen molar-refractivity contribution < 1.29 is 9.53 Å². The molecular formula is C22H25N3O2. The fourth-order valence-corrected chi connectivity index (χ4v) is 2.84. The lowest BCUT2D eigenvalue weighted by molar-refractivity contribution is -0.127. The first kappa shape index (κ1) is 18.7. The second-order valence-corrected chi connectivity index (χ2v) is 6.81. The largest absolute Gasteiger partial charge is 0.481 e. The van der Waals surface area contributed by atoms with Crippen LogP contribution in [0.4, 0.5) is 0 Å². The summed E-state index contributed by atoms with van der Waals surface area (Å²) in [7, 11) is 0. The number of aromatic nitrogens is 2. The molecule has 3 aromatic rings. The van der Waals surface area contributed by atoms with E-state index in [0.29, 0.717) is 12.5 Å². The van der Waals surface area contributed by atoms with E-state index >= 15 is 0 Å². The molecule has 0 saturated carbocycles. The van der Waals surface area contributed by atoms with Gasteiger partial charge in [-0.05, 0) is 42.2 Å². The van der Waals surface area contributed by atoms with Crippen LogP contribution in [0.1, 0.15) is 37.8 Å². The van der Waals surface area contributed by atoms with E-state index in [4.69, 9.17) is 4.74 Å². The number of amides is 1. The lowest BCUT2D eigenvalue weighted by Gasteiger charge is -2.18. The Bertz CT molecular complexity index is 871. The van der Waals surface area contributed by atoms with Crippen molar-refractivity contribution in [3.05, 3.63) is 78.4 Å². The number of carbonyl (C=O) groups is 1. The minimum absolute atomic E-state index is 0.132. The fourth-order valence-electron chi connectivity index (χ4n) is 2.84. The van der Waals surface area contributed by atoms with Crippen molar-refractivity contribution in [1.29, 1.82) is 0 Å². The van der Waals surface area contributed by atoms with E-state index in [9.17, 15) is 4.79 Å². The fraction of sp³-hybridized carbons (Fsp3) is 0.273. The zero-order valence-electron chi connectivity index (χ0n) is 15.9. The summed E-state index contributed by atoms with van der Waals surface area (Å²) in [4.78, 5) is 16.5. The summed E-state index contributed by atoms with van der Waals surface area (Å²) in [6.07, 6.45) is 4.83. The molecule has 5 nitrogen and oxygen atoms in total. The summed E-state index contributed by atoms with van der Waals surface area (Å²) in [5.41, 5.74) is 3.17. The molecule has 0 spiro atoms. The first-order chi connectivity index (χ1) is 13.0. The van der Waals surface area contributed by atoms with Gasteiger partial charge in [-0.1, -0.05) is 44.2 Å². The third kappa shape index (κ3) is 4.76. The van der Waals surface area contributed by atoms with Crippen LogP contribution in [-0.2, 0) is 11.3 Å². The zero-order chi connectivity index (χ0) is 19.2. The van der Waals surface area contributed by atoms with Crippen LogP contribution in [-0.4, -0.2) is 21.6 Å². The second kappa shape index (κ2) is 8.54. The summed E-state index contributed by atoms with van der Waals surface area (Å²) in [6, 6.07) is 15.8. The highest BCUT2D eigenvalue weighted by Gasteiger charge is 2.16. The molecule has 0 aliphatic rings. The van der Waals surface area contributed by atoms with Gasteiger partial charge in [0.15, 0.2) is 6.10 Å². The minimum atomic E-state index is -0.560. The Morgan fingerprint density at radius 3 is 2.52 bits per heavy atom. The number of hydrogen-bond acceptors (Lipinski definition) is 3. The normalized spacial score (nSPS) is 12.0. The number of rotatable bonds is 7. The van der Waals surface area contributed by atoms with Gasteiger partial charge in [0.25, 0.3) is 5.91 Å². The molecule has 0 radical (unpaired) electrons. The lowest BCUT2D eigenvalue weighted by atomic mass is 10.0. The first-order valence-electron chi connectivity index (χ1n) is 9.15. The number of para-hydroxylation sites is 1. The smallest absolute Gasteiger partial charge is 0.261 e. The van der Waals surface area contributed by atoms with Gasteiger partial charge in [-0.3, -0.25) is 4.79 Å².